The number of carbonyl (C=O) groups excluding carboxylic acids is 2. The summed E-state index contributed by atoms with van der Waals surface area (Å²) in [5.74, 6) is -1.68. The highest BCUT2D eigenvalue weighted by atomic mass is 32.2. The Hall–Kier alpha value is -3.72. The number of halogens is 1. The molecule has 1 N–H and O–H groups in total. The lowest BCUT2D eigenvalue weighted by Crippen LogP contribution is -2.54. The molecular formula is C31H38FN3O4S. The van der Waals surface area contributed by atoms with Crippen LogP contribution >= 0.6 is 0 Å². The molecule has 2 amide bonds. The summed E-state index contributed by atoms with van der Waals surface area (Å²) in [5, 5.41) is 2.94. The first-order valence-corrected chi connectivity index (χ1v) is 15.0. The predicted octanol–water partition coefficient (Wildman–Crippen LogP) is 5.09. The predicted molar refractivity (Wildman–Crippen MR) is 156 cm³/mol. The van der Waals surface area contributed by atoms with Gasteiger partial charge in [-0.2, -0.15) is 0 Å². The third-order valence-corrected chi connectivity index (χ3v) is 8.65. The molecule has 0 fully saturated rings. The number of para-hydroxylation sites is 1. The molecule has 2 unspecified atom stereocenters. The van der Waals surface area contributed by atoms with Crippen LogP contribution in [0.15, 0.2) is 83.8 Å². The molecule has 0 aliphatic heterocycles. The topological polar surface area (TPSA) is 86.8 Å². The maximum atomic E-state index is 15.0. The van der Waals surface area contributed by atoms with Crippen LogP contribution in [0.1, 0.15) is 44.7 Å². The zero-order chi connectivity index (χ0) is 29.3. The number of carbonyl (C=O) groups is 2. The van der Waals surface area contributed by atoms with Crippen LogP contribution in [0.25, 0.3) is 0 Å². The highest BCUT2D eigenvalue weighted by Crippen LogP contribution is 2.27. The van der Waals surface area contributed by atoms with E-state index in [0.29, 0.717) is 12.8 Å². The van der Waals surface area contributed by atoms with Gasteiger partial charge in [0, 0.05) is 12.6 Å². The standard InChI is InChI=1S/C31H38FN3O4S/c1-5-24(4)33-31(37)28(6-2)34(21-20-25-12-8-7-9-13-25)30(36)22-35(29-15-11-10-14-27(29)32)40(38,39)26-18-16-23(3)17-19-26/h7-19,24,28H,5-6,20-22H2,1-4H3,(H,33,37). The van der Waals surface area contributed by atoms with Gasteiger partial charge in [-0.15, -0.1) is 0 Å². The molecular weight excluding hydrogens is 529 g/mol. The zero-order valence-corrected chi connectivity index (χ0v) is 24.3. The summed E-state index contributed by atoms with van der Waals surface area (Å²) in [6.45, 7) is 6.99. The number of anilines is 1. The van der Waals surface area contributed by atoms with Crippen molar-refractivity contribution in [2.24, 2.45) is 0 Å². The molecule has 40 heavy (non-hydrogen) atoms. The zero-order valence-electron chi connectivity index (χ0n) is 23.5. The fourth-order valence-electron chi connectivity index (χ4n) is 4.34. The van der Waals surface area contributed by atoms with E-state index in [9.17, 15) is 18.0 Å². The van der Waals surface area contributed by atoms with Gasteiger partial charge in [0.1, 0.15) is 18.4 Å². The Morgan fingerprint density at radius 3 is 2.12 bits per heavy atom. The maximum absolute atomic E-state index is 15.0. The van der Waals surface area contributed by atoms with Gasteiger partial charge in [-0.05, 0) is 62.9 Å². The first-order chi connectivity index (χ1) is 19.1. The lowest BCUT2D eigenvalue weighted by molar-refractivity contribution is -0.139. The second kappa shape index (κ2) is 14.1. The molecule has 0 radical (unpaired) electrons. The van der Waals surface area contributed by atoms with Crippen molar-refractivity contribution in [3.05, 3.63) is 95.8 Å². The average molecular weight is 568 g/mol. The molecule has 3 aromatic rings. The van der Waals surface area contributed by atoms with Crippen molar-refractivity contribution in [2.75, 3.05) is 17.4 Å². The fraction of sp³-hybridized carbons (Fsp3) is 0.355. The SMILES string of the molecule is CCC(C)NC(=O)C(CC)N(CCc1ccccc1)C(=O)CN(c1ccccc1F)S(=O)(=O)c1ccc(C)cc1. The van der Waals surface area contributed by atoms with E-state index in [-0.39, 0.29) is 29.1 Å². The van der Waals surface area contributed by atoms with Crippen molar-refractivity contribution < 1.29 is 22.4 Å². The summed E-state index contributed by atoms with van der Waals surface area (Å²) in [6, 6.07) is 20.2. The molecule has 0 saturated heterocycles. The Morgan fingerprint density at radius 2 is 1.52 bits per heavy atom. The van der Waals surface area contributed by atoms with Gasteiger partial charge in [0.05, 0.1) is 10.6 Å². The van der Waals surface area contributed by atoms with Crippen LogP contribution in [0.4, 0.5) is 10.1 Å². The lowest BCUT2D eigenvalue weighted by atomic mass is 10.1. The summed E-state index contributed by atoms with van der Waals surface area (Å²) < 4.78 is 43.4. The van der Waals surface area contributed by atoms with Crippen LogP contribution in [-0.2, 0) is 26.0 Å². The Balaban J connectivity index is 2.02. The van der Waals surface area contributed by atoms with E-state index in [1.807, 2.05) is 51.1 Å². The van der Waals surface area contributed by atoms with Crippen molar-refractivity contribution >= 4 is 27.5 Å². The molecule has 0 bridgehead atoms. The molecule has 0 saturated carbocycles. The van der Waals surface area contributed by atoms with Crippen LogP contribution in [-0.4, -0.2) is 50.3 Å². The number of nitrogens with zero attached hydrogens (tertiary/aromatic N) is 2. The van der Waals surface area contributed by atoms with Crippen molar-refractivity contribution in [3.63, 3.8) is 0 Å². The minimum absolute atomic E-state index is 0.0634. The Labute approximate surface area is 237 Å². The molecule has 7 nitrogen and oxygen atoms in total. The van der Waals surface area contributed by atoms with Crippen LogP contribution in [0.3, 0.4) is 0 Å². The Bertz CT molecular complexity index is 1380. The molecule has 3 aromatic carbocycles. The number of nitrogens with one attached hydrogen (secondary N) is 1. The first-order valence-electron chi connectivity index (χ1n) is 13.6. The maximum Gasteiger partial charge on any atom is 0.264 e. The van der Waals surface area contributed by atoms with Crippen molar-refractivity contribution in [1.82, 2.24) is 10.2 Å². The third kappa shape index (κ3) is 7.69. The van der Waals surface area contributed by atoms with Crippen LogP contribution in [0.5, 0.6) is 0 Å². The summed E-state index contributed by atoms with van der Waals surface area (Å²) in [4.78, 5) is 28.6. The average Bonchev–Trinajstić information content (AvgIpc) is 2.94. The number of hydrogen-bond donors (Lipinski definition) is 1. The monoisotopic (exact) mass is 567 g/mol. The van der Waals surface area contributed by atoms with Crippen LogP contribution in [0.2, 0.25) is 0 Å². The van der Waals surface area contributed by atoms with Gasteiger partial charge in [-0.1, -0.05) is 74.0 Å². The van der Waals surface area contributed by atoms with Gasteiger partial charge in [0.25, 0.3) is 10.0 Å². The smallest absolute Gasteiger partial charge is 0.264 e. The molecule has 0 aliphatic carbocycles. The minimum Gasteiger partial charge on any atom is -0.352 e. The molecule has 214 valence electrons. The number of benzene rings is 3. The van der Waals surface area contributed by atoms with Crippen molar-refractivity contribution in [1.29, 1.82) is 0 Å². The van der Waals surface area contributed by atoms with Gasteiger partial charge < -0.3 is 10.2 Å². The number of amides is 2. The highest BCUT2D eigenvalue weighted by molar-refractivity contribution is 7.92. The number of rotatable bonds is 13. The Morgan fingerprint density at radius 1 is 0.900 bits per heavy atom. The first kappa shape index (κ1) is 30.8. The lowest BCUT2D eigenvalue weighted by Gasteiger charge is -2.33. The number of aryl methyl sites for hydroxylation is 1. The molecule has 0 spiro atoms. The van der Waals surface area contributed by atoms with E-state index in [0.717, 1.165) is 27.9 Å². The van der Waals surface area contributed by atoms with Crippen molar-refractivity contribution in [2.45, 2.75) is 63.9 Å². The third-order valence-electron chi connectivity index (χ3n) is 6.88. The number of hydrogen-bond acceptors (Lipinski definition) is 4. The molecule has 0 aliphatic rings. The molecule has 0 aromatic heterocycles. The summed E-state index contributed by atoms with van der Waals surface area (Å²) in [5.41, 5.74) is 1.59. The van der Waals surface area contributed by atoms with Gasteiger partial charge in [0.15, 0.2) is 0 Å². The van der Waals surface area contributed by atoms with Gasteiger partial charge in [0.2, 0.25) is 11.8 Å². The second-order valence-corrected chi connectivity index (χ2v) is 11.7. The fourth-order valence-corrected chi connectivity index (χ4v) is 5.76. The second-order valence-electron chi connectivity index (χ2n) is 9.84. The van der Waals surface area contributed by atoms with E-state index in [4.69, 9.17) is 0 Å². The number of sulfonamides is 1. The van der Waals surface area contributed by atoms with Crippen LogP contribution in [0, 0.1) is 12.7 Å². The quantitative estimate of drug-likeness (QED) is 0.312. The highest BCUT2D eigenvalue weighted by Gasteiger charge is 2.34. The van der Waals surface area contributed by atoms with E-state index in [1.165, 1.54) is 35.2 Å². The summed E-state index contributed by atoms with van der Waals surface area (Å²) in [7, 11) is -4.32. The van der Waals surface area contributed by atoms with Gasteiger partial charge >= 0.3 is 0 Å². The van der Waals surface area contributed by atoms with E-state index in [2.05, 4.69) is 5.32 Å². The van der Waals surface area contributed by atoms with E-state index < -0.39 is 34.3 Å². The molecule has 3 rings (SSSR count). The molecule has 0 heterocycles. The largest absolute Gasteiger partial charge is 0.352 e. The Kier molecular flexibility index (Phi) is 10.8. The molecule has 2 atom stereocenters. The summed E-state index contributed by atoms with van der Waals surface area (Å²) >= 11 is 0. The van der Waals surface area contributed by atoms with Crippen LogP contribution < -0.4 is 9.62 Å². The molecule has 9 heteroatoms. The normalized spacial score (nSPS) is 12.8. The summed E-state index contributed by atoms with van der Waals surface area (Å²) in [6.07, 6.45) is 1.51. The van der Waals surface area contributed by atoms with E-state index in [1.54, 1.807) is 19.1 Å². The van der Waals surface area contributed by atoms with E-state index >= 15 is 4.39 Å². The van der Waals surface area contributed by atoms with Crippen molar-refractivity contribution in [3.8, 4) is 0 Å². The van der Waals surface area contributed by atoms with Gasteiger partial charge in [-0.25, -0.2) is 12.8 Å². The van der Waals surface area contributed by atoms with Gasteiger partial charge in [-0.3, -0.25) is 13.9 Å². The minimum atomic E-state index is -4.32.